The van der Waals surface area contributed by atoms with Gasteiger partial charge in [-0.25, -0.2) is 0 Å². The second kappa shape index (κ2) is 5.75. The third-order valence-corrected chi connectivity index (χ3v) is 9.89. The average Bonchev–Trinajstić information content (AvgIpc) is 2.88. The summed E-state index contributed by atoms with van der Waals surface area (Å²) in [7, 11) is 0. The first-order valence-corrected chi connectivity index (χ1v) is 10.4. The third kappa shape index (κ3) is 2.09. The first kappa shape index (κ1) is 18.4. The molecule has 4 heteroatoms. The molecule has 0 heterocycles. The molecule has 140 valence electrons. The molecule has 5 atom stereocenters. The molecule has 0 saturated heterocycles. The van der Waals surface area contributed by atoms with Crippen molar-refractivity contribution < 1.29 is 14.7 Å². The number of carbonyl (C=O) groups is 2. The van der Waals surface area contributed by atoms with E-state index < -0.39 is 10.9 Å². The lowest BCUT2D eigenvalue weighted by atomic mass is 9.50. The highest BCUT2D eigenvalue weighted by molar-refractivity contribution is 9.10. The molecule has 2 saturated carbocycles. The van der Waals surface area contributed by atoms with Crippen LogP contribution in [0.1, 0.15) is 52.9 Å². The molecule has 0 aromatic rings. The zero-order chi connectivity index (χ0) is 18.9. The molecule has 0 unspecified atom stereocenters. The van der Waals surface area contributed by atoms with Crippen molar-refractivity contribution in [3.63, 3.8) is 0 Å². The minimum Gasteiger partial charge on any atom is -0.389 e. The Morgan fingerprint density at radius 3 is 2.73 bits per heavy atom. The molecule has 2 fully saturated rings. The Morgan fingerprint density at radius 1 is 1.31 bits per heavy atom. The van der Waals surface area contributed by atoms with Crippen LogP contribution in [0.2, 0.25) is 0 Å². The molecule has 0 amide bonds. The van der Waals surface area contributed by atoms with Crippen LogP contribution in [0.4, 0.5) is 0 Å². The molecule has 1 N–H and O–H groups in total. The van der Waals surface area contributed by atoms with Crippen LogP contribution in [0.3, 0.4) is 0 Å². The van der Waals surface area contributed by atoms with Gasteiger partial charge in [0.05, 0.1) is 4.32 Å². The highest BCUT2D eigenvalue weighted by atomic mass is 79.9. The van der Waals surface area contributed by atoms with E-state index in [0.29, 0.717) is 11.8 Å². The van der Waals surface area contributed by atoms with E-state index in [4.69, 9.17) is 0 Å². The van der Waals surface area contributed by atoms with Crippen LogP contribution in [0, 0.1) is 22.7 Å². The third-order valence-electron chi connectivity index (χ3n) is 8.15. The number of carbonyl (C=O) groups excluding carboxylic acids is 2. The lowest BCUT2D eigenvalue weighted by Gasteiger charge is -2.54. The average molecular weight is 419 g/mol. The van der Waals surface area contributed by atoms with Crippen molar-refractivity contribution in [2.24, 2.45) is 22.7 Å². The summed E-state index contributed by atoms with van der Waals surface area (Å²) in [6, 6.07) is 0. The maximum Gasteiger partial charge on any atom is 0.178 e. The van der Waals surface area contributed by atoms with Crippen LogP contribution in [-0.4, -0.2) is 27.6 Å². The number of halogens is 1. The summed E-state index contributed by atoms with van der Waals surface area (Å²) in [6.45, 7) is 6.18. The lowest BCUT2D eigenvalue weighted by Crippen LogP contribution is -2.52. The summed E-state index contributed by atoms with van der Waals surface area (Å²) in [4.78, 5) is 24.6. The van der Waals surface area contributed by atoms with E-state index in [1.807, 2.05) is 6.08 Å². The number of fused-ring (bicyclic) bond motifs is 5. The fourth-order valence-electron chi connectivity index (χ4n) is 6.43. The van der Waals surface area contributed by atoms with Crippen LogP contribution in [0.15, 0.2) is 34.9 Å². The maximum absolute atomic E-state index is 12.6. The second-order valence-electron chi connectivity index (χ2n) is 8.98. The van der Waals surface area contributed by atoms with Crippen molar-refractivity contribution >= 4 is 27.5 Å². The van der Waals surface area contributed by atoms with E-state index in [2.05, 4.69) is 42.8 Å². The van der Waals surface area contributed by atoms with Gasteiger partial charge in [0.15, 0.2) is 11.6 Å². The zero-order valence-electron chi connectivity index (χ0n) is 15.8. The number of aliphatic hydroxyl groups is 1. The predicted molar refractivity (Wildman–Crippen MR) is 105 cm³/mol. The van der Waals surface area contributed by atoms with Gasteiger partial charge < -0.3 is 5.11 Å². The molecule has 0 spiro atoms. The Labute approximate surface area is 163 Å². The first-order chi connectivity index (χ1) is 12.2. The largest absolute Gasteiger partial charge is 0.389 e. The number of allylic oxidation sites excluding steroid dienone is 6. The minimum absolute atomic E-state index is 0.0821. The molecule has 3 nitrogen and oxygen atoms in total. The van der Waals surface area contributed by atoms with E-state index in [9.17, 15) is 14.7 Å². The first-order valence-electron chi connectivity index (χ1n) is 9.66. The Kier molecular flexibility index (Phi) is 4.06. The molecule has 0 radical (unpaired) electrons. The van der Waals surface area contributed by atoms with Crippen LogP contribution < -0.4 is 0 Å². The van der Waals surface area contributed by atoms with E-state index in [0.717, 1.165) is 37.7 Å². The number of hydrogen-bond acceptors (Lipinski definition) is 3. The van der Waals surface area contributed by atoms with E-state index in [1.165, 1.54) is 11.1 Å². The van der Waals surface area contributed by atoms with Crippen molar-refractivity contribution in [3.05, 3.63) is 34.9 Å². The summed E-state index contributed by atoms with van der Waals surface area (Å²) >= 11 is 3.78. The van der Waals surface area contributed by atoms with Crippen LogP contribution in [-0.2, 0) is 9.59 Å². The lowest BCUT2D eigenvalue weighted by molar-refractivity contribution is -0.127. The molecule has 0 aromatic heterocycles. The Balaban J connectivity index is 1.79. The number of aliphatic hydroxyl groups excluding tert-OH is 1. The molecule has 0 aromatic carbocycles. The van der Waals surface area contributed by atoms with Crippen LogP contribution in [0.25, 0.3) is 0 Å². The summed E-state index contributed by atoms with van der Waals surface area (Å²) in [5, 5.41) is 9.51. The van der Waals surface area contributed by atoms with E-state index in [1.54, 1.807) is 6.08 Å². The fourth-order valence-corrected chi connectivity index (χ4v) is 7.24. The number of Topliss-reactive ketones (excluding diaryl/α,β-unsaturated/α-hetero) is 1. The topological polar surface area (TPSA) is 54.4 Å². The van der Waals surface area contributed by atoms with Crippen molar-refractivity contribution in [1.82, 2.24) is 0 Å². The van der Waals surface area contributed by atoms with Crippen molar-refractivity contribution in [3.8, 4) is 0 Å². The smallest absolute Gasteiger partial charge is 0.178 e. The molecule has 4 rings (SSSR count). The number of hydrogen-bond donors (Lipinski definition) is 1. The molecule has 26 heavy (non-hydrogen) atoms. The molecule has 4 aliphatic rings. The number of rotatable bonds is 2. The predicted octanol–water partition coefficient (Wildman–Crippen LogP) is 4.30. The highest BCUT2D eigenvalue weighted by Gasteiger charge is 2.63. The van der Waals surface area contributed by atoms with Gasteiger partial charge in [-0.05, 0) is 75.4 Å². The van der Waals surface area contributed by atoms with E-state index in [-0.39, 0.29) is 22.4 Å². The van der Waals surface area contributed by atoms with Gasteiger partial charge in [-0.3, -0.25) is 9.59 Å². The Morgan fingerprint density at radius 2 is 2.04 bits per heavy atom. The Hall–Kier alpha value is -1.00. The number of ketones is 2. The maximum atomic E-state index is 12.6. The highest BCUT2D eigenvalue weighted by Crippen LogP contribution is 2.67. The molecular weight excluding hydrogens is 392 g/mol. The monoisotopic (exact) mass is 418 g/mol. The second-order valence-corrected chi connectivity index (χ2v) is 10.3. The minimum atomic E-state index is -0.619. The summed E-state index contributed by atoms with van der Waals surface area (Å²) in [6.07, 6.45) is 10.6. The van der Waals surface area contributed by atoms with Gasteiger partial charge in [0.2, 0.25) is 0 Å². The Bertz CT molecular complexity index is 791. The zero-order valence-corrected chi connectivity index (χ0v) is 17.4. The summed E-state index contributed by atoms with van der Waals surface area (Å²) < 4.78 is -0.619. The summed E-state index contributed by atoms with van der Waals surface area (Å²) in [5.41, 5.74) is 3.54. The van der Waals surface area contributed by atoms with Gasteiger partial charge in [-0.2, -0.15) is 0 Å². The van der Waals surface area contributed by atoms with Crippen molar-refractivity contribution in [2.75, 3.05) is 6.61 Å². The van der Waals surface area contributed by atoms with Gasteiger partial charge in [0.25, 0.3) is 0 Å². The fraction of sp³-hybridized carbons (Fsp3) is 0.636. The van der Waals surface area contributed by atoms with Crippen molar-refractivity contribution in [2.45, 2.75) is 57.2 Å². The molecular formula is C22H27BrO3. The normalized spacial score (nSPS) is 44.3. The van der Waals surface area contributed by atoms with E-state index >= 15 is 0 Å². The molecule has 4 aliphatic carbocycles. The number of alkyl halides is 1. The van der Waals surface area contributed by atoms with Gasteiger partial charge in [0, 0.05) is 5.41 Å². The molecule has 0 aliphatic heterocycles. The van der Waals surface area contributed by atoms with Gasteiger partial charge in [-0.1, -0.05) is 45.6 Å². The van der Waals surface area contributed by atoms with Crippen LogP contribution >= 0.6 is 15.9 Å². The van der Waals surface area contributed by atoms with Gasteiger partial charge >= 0.3 is 0 Å². The molecule has 0 bridgehead atoms. The van der Waals surface area contributed by atoms with Gasteiger partial charge in [-0.15, -0.1) is 0 Å². The summed E-state index contributed by atoms with van der Waals surface area (Å²) in [5.74, 6) is 0.907. The van der Waals surface area contributed by atoms with Gasteiger partial charge in [0.1, 0.15) is 6.61 Å². The quantitative estimate of drug-likeness (QED) is 0.537. The van der Waals surface area contributed by atoms with Crippen molar-refractivity contribution in [1.29, 1.82) is 0 Å². The standard InChI is InChI=1S/C22H27BrO3/c1-13-10-15(25)11-14-4-5-16-17-7-9-22(23,19(26)12-24)20(17,2)8-6-18(16)21(13,14)3/h6,10-11,16-17,24H,4-5,7-9,12H2,1-3H3/t16-,17-,20-,21-,22-/m0/s1. The SMILES string of the molecule is CC1=CC(=O)C=C2CC[C@@H]3C(=CC[C@@]4(C)[C@H]3CC[C@]4(Br)C(=O)CO)[C@@]12C. The van der Waals surface area contributed by atoms with Crippen LogP contribution in [0.5, 0.6) is 0 Å².